The van der Waals surface area contributed by atoms with Crippen LogP contribution in [-0.2, 0) is 9.59 Å². The molecule has 1 aliphatic heterocycles. The molecule has 2 aromatic rings. The van der Waals surface area contributed by atoms with Gasteiger partial charge in [-0.15, -0.1) is 0 Å². The number of benzene rings is 2. The molecule has 0 unspecified atom stereocenters. The first-order valence-electron chi connectivity index (χ1n) is 9.16. The standard InChI is InChI=1S/C22H23FN2O4/c1-24(2)11-12-25-19(15-5-4-6-17(13-15)29-3)18(21(27)22(25)28)20(26)14-7-9-16(23)10-8-14/h4-10,13,19,26H,11-12H2,1-3H3/t19-/m1/s1. The summed E-state index contributed by atoms with van der Waals surface area (Å²) in [6, 6.07) is 11.4. The van der Waals surface area contributed by atoms with Gasteiger partial charge in [0.05, 0.1) is 18.7 Å². The molecule has 0 bridgehead atoms. The maximum absolute atomic E-state index is 13.3. The van der Waals surface area contributed by atoms with Crippen LogP contribution in [0, 0.1) is 5.82 Å². The summed E-state index contributed by atoms with van der Waals surface area (Å²) in [4.78, 5) is 29.0. The third-order valence-electron chi connectivity index (χ3n) is 4.86. The monoisotopic (exact) mass is 398 g/mol. The number of aliphatic hydroxyl groups excluding tert-OH is 1. The highest BCUT2D eigenvalue weighted by Crippen LogP contribution is 2.40. The summed E-state index contributed by atoms with van der Waals surface area (Å²) in [7, 11) is 5.27. The molecule has 152 valence electrons. The van der Waals surface area contributed by atoms with E-state index in [1.165, 1.54) is 36.3 Å². The molecule has 6 nitrogen and oxygen atoms in total. The van der Waals surface area contributed by atoms with Gasteiger partial charge >= 0.3 is 0 Å². The number of ketones is 1. The molecule has 3 rings (SSSR count). The van der Waals surface area contributed by atoms with Crippen LogP contribution >= 0.6 is 0 Å². The van der Waals surface area contributed by atoms with Crippen LogP contribution in [0.3, 0.4) is 0 Å². The predicted octanol–water partition coefficient (Wildman–Crippen LogP) is 2.82. The zero-order chi connectivity index (χ0) is 21.1. The molecule has 1 aliphatic rings. The predicted molar refractivity (Wildman–Crippen MR) is 107 cm³/mol. The van der Waals surface area contributed by atoms with E-state index >= 15 is 0 Å². The highest BCUT2D eigenvalue weighted by Gasteiger charge is 2.46. The molecule has 1 saturated heterocycles. The minimum atomic E-state index is -0.768. The number of ether oxygens (including phenoxy) is 1. The normalized spacial score (nSPS) is 18.5. The summed E-state index contributed by atoms with van der Waals surface area (Å²) in [6.07, 6.45) is 0. The fourth-order valence-electron chi connectivity index (χ4n) is 3.34. The van der Waals surface area contributed by atoms with E-state index in [1.54, 1.807) is 24.3 Å². The third-order valence-corrected chi connectivity index (χ3v) is 4.86. The van der Waals surface area contributed by atoms with Crippen LogP contribution in [0.25, 0.3) is 5.76 Å². The number of halogens is 1. The van der Waals surface area contributed by atoms with Crippen molar-refractivity contribution in [2.75, 3.05) is 34.3 Å². The zero-order valence-corrected chi connectivity index (χ0v) is 16.6. The van der Waals surface area contributed by atoms with Crippen LogP contribution in [0.15, 0.2) is 54.1 Å². The number of aliphatic hydroxyl groups is 1. The lowest BCUT2D eigenvalue weighted by Crippen LogP contribution is -2.35. The van der Waals surface area contributed by atoms with Gasteiger partial charge in [0.15, 0.2) is 0 Å². The Morgan fingerprint density at radius 1 is 1.17 bits per heavy atom. The quantitative estimate of drug-likeness (QED) is 0.460. The molecule has 1 amide bonds. The largest absolute Gasteiger partial charge is 0.507 e. The lowest BCUT2D eigenvalue weighted by atomic mass is 9.95. The second kappa shape index (κ2) is 8.45. The maximum atomic E-state index is 13.3. The van der Waals surface area contributed by atoms with Crippen molar-refractivity contribution >= 4 is 17.4 Å². The minimum absolute atomic E-state index is 0.0198. The molecule has 1 atom stereocenters. The number of methoxy groups -OCH3 is 1. The number of hydrogen-bond acceptors (Lipinski definition) is 5. The summed E-state index contributed by atoms with van der Waals surface area (Å²) in [6.45, 7) is 0.851. The molecule has 1 heterocycles. The Labute approximate surface area is 168 Å². The fourth-order valence-corrected chi connectivity index (χ4v) is 3.34. The van der Waals surface area contributed by atoms with Crippen molar-refractivity contribution in [2.24, 2.45) is 0 Å². The van der Waals surface area contributed by atoms with Crippen LogP contribution in [0.1, 0.15) is 17.2 Å². The Bertz CT molecular complexity index is 954. The molecule has 2 aromatic carbocycles. The van der Waals surface area contributed by atoms with Crippen LogP contribution in [0.4, 0.5) is 4.39 Å². The molecule has 7 heteroatoms. The van der Waals surface area contributed by atoms with Gasteiger partial charge in [0.2, 0.25) is 0 Å². The average molecular weight is 398 g/mol. The van der Waals surface area contributed by atoms with Crippen molar-refractivity contribution in [2.45, 2.75) is 6.04 Å². The van der Waals surface area contributed by atoms with Gasteiger partial charge < -0.3 is 19.6 Å². The molecule has 0 saturated carbocycles. The van der Waals surface area contributed by atoms with E-state index < -0.39 is 23.5 Å². The van der Waals surface area contributed by atoms with Crippen LogP contribution in [0.2, 0.25) is 0 Å². The molecule has 0 aliphatic carbocycles. The van der Waals surface area contributed by atoms with Crippen molar-refractivity contribution in [3.63, 3.8) is 0 Å². The summed E-state index contributed by atoms with van der Waals surface area (Å²) in [5.41, 5.74) is 0.893. The number of rotatable bonds is 6. The number of Topliss-reactive ketones (excluding diaryl/α,β-unsaturated/α-hetero) is 1. The Morgan fingerprint density at radius 2 is 1.86 bits per heavy atom. The first-order valence-corrected chi connectivity index (χ1v) is 9.16. The maximum Gasteiger partial charge on any atom is 0.295 e. The smallest absolute Gasteiger partial charge is 0.295 e. The van der Waals surface area contributed by atoms with E-state index in [1.807, 2.05) is 19.0 Å². The molecule has 29 heavy (non-hydrogen) atoms. The molecule has 1 N–H and O–H groups in total. The third kappa shape index (κ3) is 4.14. The second-order valence-corrected chi connectivity index (χ2v) is 7.08. The van der Waals surface area contributed by atoms with Gasteiger partial charge in [0.1, 0.15) is 17.3 Å². The number of likely N-dealkylation sites (N-methyl/N-ethyl adjacent to an activating group) is 1. The van der Waals surface area contributed by atoms with Crippen molar-refractivity contribution < 1.29 is 23.8 Å². The van der Waals surface area contributed by atoms with Gasteiger partial charge in [0.25, 0.3) is 11.7 Å². The Morgan fingerprint density at radius 3 is 2.48 bits per heavy atom. The van der Waals surface area contributed by atoms with Crippen LogP contribution < -0.4 is 4.74 Å². The Balaban J connectivity index is 2.15. The summed E-state index contributed by atoms with van der Waals surface area (Å²) >= 11 is 0. The molecule has 0 aromatic heterocycles. The van der Waals surface area contributed by atoms with E-state index in [-0.39, 0.29) is 16.9 Å². The van der Waals surface area contributed by atoms with Crippen molar-refractivity contribution in [3.8, 4) is 5.75 Å². The first-order chi connectivity index (χ1) is 13.8. The van der Waals surface area contributed by atoms with E-state index in [0.29, 0.717) is 24.4 Å². The topological polar surface area (TPSA) is 70.1 Å². The molecule has 0 spiro atoms. The Kier molecular flexibility index (Phi) is 5.98. The SMILES string of the molecule is COc1cccc([C@@H]2C(=C(O)c3ccc(F)cc3)C(=O)C(=O)N2CCN(C)C)c1. The van der Waals surface area contributed by atoms with Crippen molar-refractivity contribution in [1.82, 2.24) is 9.80 Å². The first kappa shape index (κ1) is 20.5. The molecular weight excluding hydrogens is 375 g/mol. The Hall–Kier alpha value is -3.19. The van der Waals surface area contributed by atoms with E-state index in [0.717, 1.165) is 0 Å². The number of carbonyl (C=O) groups excluding carboxylic acids is 2. The van der Waals surface area contributed by atoms with Gasteiger partial charge in [-0.1, -0.05) is 12.1 Å². The van der Waals surface area contributed by atoms with E-state index in [4.69, 9.17) is 4.74 Å². The number of nitrogens with zero attached hydrogens (tertiary/aromatic N) is 2. The summed E-state index contributed by atoms with van der Waals surface area (Å²) < 4.78 is 18.6. The van der Waals surface area contributed by atoms with Gasteiger partial charge in [-0.2, -0.15) is 0 Å². The van der Waals surface area contributed by atoms with Gasteiger partial charge in [0, 0.05) is 18.7 Å². The highest BCUT2D eigenvalue weighted by atomic mass is 19.1. The van der Waals surface area contributed by atoms with Crippen molar-refractivity contribution in [1.29, 1.82) is 0 Å². The van der Waals surface area contributed by atoms with E-state index in [2.05, 4.69) is 0 Å². The van der Waals surface area contributed by atoms with Gasteiger partial charge in [-0.25, -0.2) is 4.39 Å². The summed E-state index contributed by atoms with van der Waals surface area (Å²) in [5, 5.41) is 10.9. The van der Waals surface area contributed by atoms with Gasteiger partial charge in [-0.05, 0) is 56.1 Å². The fraction of sp³-hybridized carbons (Fsp3) is 0.273. The lowest BCUT2D eigenvalue weighted by molar-refractivity contribution is -0.140. The number of likely N-dealkylation sites (tertiary alicyclic amines) is 1. The van der Waals surface area contributed by atoms with Crippen molar-refractivity contribution in [3.05, 3.63) is 71.0 Å². The van der Waals surface area contributed by atoms with E-state index in [9.17, 15) is 19.1 Å². The second-order valence-electron chi connectivity index (χ2n) is 7.08. The highest BCUT2D eigenvalue weighted by molar-refractivity contribution is 6.46. The average Bonchev–Trinajstić information content (AvgIpc) is 2.97. The number of hydrogen-bond donors (Lipinski definition) is 1. The molecule has 1 fully saturated rings. The minimum Gasteiger partial charge on any atom is -0.507 e. The summed E-state index contributed by atoms with van der Waals surface area (Å²) in [5.74, 6) is -1.66. The lowest BCUT2D eigenvalue weighted by Gasteiger charge is -2.26. The van der Waals surface area contributed by atoms with Crippen LogP contribution in [0.5, 0.6) is 5.75 Å². The zero-order valence-electron chi connectivity index (χ0n) is 16.6. The van der Waals surface area contributed by atoms with Gasteiger partial charge in [-0.3, -0.25) is 9.59 Å². The number of carbonyl (C=O) groups is 2. The molecular formula is C22H23FN2O4. The molecule has 0 radical (unpaired) electrons. The number of amides is 1. The van der Waals surface area contributed by atoms with Crippen LogP contribution in [-0.4, -0.2) is 60.9 Å².